The summed E-state index contributed by atoms with van der Waals surface area (Å²) in [5.74, 6) is 1.71. The van der Waals surface area contributed by atoms with E-state index < -0.39 is 0 Å². The number of nitrogens with zero attached hydrogens (tertiary/aromatic N) is 3. The van der Waals surface area contributed by atoms with E-state index in [-0.39, 0.29) is 5.91 Å². The highest BCUT2D eigenvalue weighted by atomic mass is 32.2. The van der Waals surface area contributed by atoms with E-state index in [0.29, 0.717) is 17.8 Å². The fourth-order valence-electron chi connectivity index (χ4n) is 2.78. The van der Waals surface area contributed by atoms with Crippen molar-refractivity contribution in [2.45, 2.75) is 5.75 Å². The zero-order chi connectivity index (χ0) is 18.5. The second kappa shape index (κ2) is 8.37. The number of carbonyl (C=O) groups excluding carboxylic acids is 1. The normalized spacial score (nSPS) is 11.0. The fraction of sp³-hybridized carbons (Fsp3) is 0.150. The molecule has 0 unspecified atom stereocenters. The lowest BCUT2D eigenvalue weighted by molar-refractivity contribution is 0.0957. The molecule has 7 heteroatoms. The van der Waals surface area contributed by atoms with Gasteiger partial charge in [0.2, 0.25) is 0 Å². The lowest BCUT2D eigenvalue weighted by Gasteiger charge is -2.06. The standard InChI is InChI=1S/C20H18N4OS2/c25-20(22-10-12-26-14-16-7-4-11-27-16)17-13-23-24-18(8-9-21-19(17)24)15-5-2-1-3-6-15/h1-9,11,13H,10,12,14H2,(H,22,25). The number of carbonyl (C=O) groups is 1. The van der Waals surface area contributed by atoms with Crippen LogP contribution in [-0.4, -0.2) is 32.8 Å². The molecule has 0 bridgehead atoms. The first-order valence-corrected chi connectivity index (χ1v) is 10.6. The van der Waals surface area contributed by atoms with Gasteiger partial charge in [0.05, 0.1) is 11.9 Å². The van der Waals surface area contributed by atoms with Gasteiger partial charge in [-0.1, -0.05) is 36.4 Å². The first-order chi connectivity index (χ1) is 13.3. The molecular formula is C20H18N4OS2. The van der Waals surface area contributed by atoms with E-state index in [9.17, 15) is 4.79 Å². The van der Waals surface area contributed by atoms with Crippen LogP contribution in [0, 0.1) is 0 Å². The lowest BCUT2D eigenvalue weighted by atomic mass is 10.1. The van der Waals surface area contributed by atoms with Gasteiger partial charge in [-0.15, -0.1) is 11.3 Å². The van der Waals surface area contributed by atoms with Crippen LogP contribution in [0.1, 0.15) is 15.2 Å². The van der Waals surface area contributed by atoms with E-state index in [1.165, 1.54) is 4.88 Å². The van der Waals surface area contributed by atoms with E-state index in [2.05, 4.69) is 32.9 Å². The first-order valence-electron chi connectivity index (χ1n) is 8.59. The Hall–Kier alpha value is -2.64. The third-order valence-electron chi connectivity index (χ3n) is 4.07. The van der Waals surface area contributed by atoms with Crippen LogP contribution >= 0.6 is 23.1 Å². The van der Waals surface area contributed by atoms with Crippen molar-refractivity contribution in [3.8, 4) is 11.3 Å². The van der Waals surface area contributed by atoms with Gasteiger partial charge in [-0.2, -0.15) is 16.9 Å². The van der Waals surface area contributed by atoms with E-state index in [4.69, 9.17) is 0 Å². The molecule has 4 aromatic rings. The molecule has 27 heavy (non-hydrogen) atoms. The van der Waals surface area contributed by atoms with Gasteiger partial charge in [-0.3, -0.25) is 4.79 Å². The zero-order valence-electron chi connectivity index (χ0n) is 14.5. The van der Waals surface area contributed by atoms with E-state index in [1.54, 1.807) is 28.2 Å². The number of aromatic nitrogens is 3. The highest BCUT2D eigenvalue weighted by Gasteiger charge is 2.15. The molecule has 5 nitrogen and oxygen atoms in total. The molecule has 1 aromatic carbocycles. The van der Waals surface area contributed by atoms with Crippen LogP contribution in [-0.2, 0) is 5.75 Å². The maximum Gasteiger partial charge on any atom is 0.256 e. The Balaban J connectivity index is 1.42. The molecule has 1 N–H and O–H groups in total. The molecule has 4 rings (SSSR count). The van der Waals surface area contributed by atoms with Gasteiger partial charge in [0.15, 0.2) is 5.65 Å². The van der Waals surface area contributed by atoms with Crippen LogP contribution < -0.4 is 5.32 Å². The van der Waals surface area contributed by atoms with Crippen molar-refractivity contribution in [1.82, 2.24) is 19.9 Å². The number of amides is 1. The van der Waals surface area contributed by atoms with E-state index in [0.717, 1.165) is 22.8 Å². The van der Waals surface area contributed by atoms with Gasteiger partial charge in [0.1, 0.15) is 5.56 Å². The Kier molecular flexibility index (Phi) is 5.50. The molecule has 3 aromatic heterocycles. The highest BCUT2D eigenvalue weighted by Crippen LogP contribution is 2.20. The van der Waals surface area contributed by atoms with Crippen molar-refractivity contribution in [3.63, 3.8) is 0 Å². The molecule has 0 saturated heterocycles. The van der Waals surface area contributed by atoms with Crippen molar-refractivity contribution >= 4 is 34.7 Å². The molecule has 3 heterocycles. The summed E-state index contributed by atoms with van der Waals surface area (Å²) in [6.07, 6.45) is 3.30. The maximum atomic E-state index is 12.5. The summed E-state index contributed by atoms with van der Waals surface area (Å²) in [7, 11) is 0. The highest BCUT2D eigenvalue weighted by molar-refractivity contribution is 7.98. The van der Waals surface area contributed by atoms with Gasteiger partial charge in [-0.25, -0.2) is 9.50 Å². The summed E-state index contributed by atoms with van der Waals surface area (Å²) < 4.78 is 1.72. The van der Waals surface area contributed by atoms with Gasteiger partial charge in [-0.05, 0) is 17.5 Å². The van der Waals surface area contributed by atoms with Crippen LogP contribution in [0.3, 0.4) is 0 Å². The molecule has 0 fully saturated rings. The zero-order valence-corrected chi connectivity index (χ0v) is 16.2. The van der Waals surface area contributed by atoms with Crippen LogP contribution in [0.15, 0.2) is 66.3 Å². The molecule has 0 atom stereocenters. The summed E-state index contributed by atoms with van der Waals surface area (Å²) in [5, 5.41) is 9.43. The Bertz CT molecular complexity index is 1030. The Morgan fingerprint density at radius 1 is 1.15 bits per heavy atom. The quantitative estimate of drug-likeness (QED) is 0.479. The molecule has 0 saturated carbocycles. The lowest BCUT2D eigenvalue weighted by Crippen LogP contribution is -2.25. The molecule has 0 spiro atoms. The minimum Gasteiger partial charge on any atom is -0.351 e. The summed E-state index contributed by atoms with van der Waals surface area (Å²) in [4.78, 5) is 18.3. The summed E-state index contributed by atoms with van der Waals surface area (Å²) in [6, 6.07) is 16.1. The van der Waals surface area contributed by atoms with Gasteiger partial charge >= 0.3 is 0 Å². The Labute approximate surface area is 165 Å². The SMILES string of the molecule is O=C(NCCSCc1cccs1)c1cnn2c(-c3ccccc3)ccnc12. The van der Waals surface area contributed by atoms with Crippen molar-refractivity contribution in [2.24, 2.45) is 0 Å². The third-order valence-corrected chi connectivity index (χ3v) is 6.14. The average molecular weight is 395 g/mol. The minimum atomic E-state index is -0.139. The van der Waals surface area contributed by atoms with Crippen LogP contribution in [0.5, 0.6) is 0 Å². The van der Waals surface area contributed by atoms with Crippen molar-refractivity contribution in [3.05, 3.63) is 76.7 Å². The summed E-state index contributed by atoms with van der Waals surface area (Å²) in [5.41, 5.74) is 3.01. The van der Waals surface area contributed by atoms with Crippen LogP contribution in [0.2, 0.25) is 0 Å². The van der Waals surface area contributed by atoms with Crippen LogP contribution in [0.4, 0.5) is 0 Å². The molecule has 0 aliphatic carbocycles. The number of thiophene rings is 1. The molecule has 1 amide bonds. The Morgan fingerprint density at radius 2 is 2.04 bits per heavy atom. The number of benzene rings is 1. The number of thioether (sulfide) groups is 1. The topological polar surface area (TPSA) is 59.3 Å². The average Bonchev–Trinajstić information content (AvgIpc) is 3.38. The number of nitrogens with one attached hydrogen (secondary N) is 1. The largest absolute Gasteiger partial charge is 0.351 e. The minimum absolute atomic E-state index is 0.139. The van der Waals surface area contributed by atoms with Crippen molar-refractivity contribution in [2.75, 3.05) is 12.3 Å². The van der Waals surface area contributed by atoms with Crippen molar-refractivity contribution in [1.29, 1.82) is 0 Å². The first kappa shape index (κ1) is 17.8. The van der Waals surface area contributed by atoms with E-state index >= 15 is 0 Å². The molecular weight excluding hydrogens is 376 g/mol. The van der Waals surface area contributed by atoms with E-state index in [1.807, 2.05) is 48.2 Å². The monoisotopic (exact) mass is 394 g/mol. The second-order valence-corrected chi connectivity index (χ2v) is 8.02. The fourth-order valence-corrected chi connectivity index (χ4v) is 4.48. The summed E-state index contributed by atoms with van der Waals surface area (Å²) >= 11 is 3.57. The number of hydrogen-bond acceptors (Lipinski definition) is 5. The number of rotatable bonds is 7. The molecule has 0 radical (unpaired) electrons. The number of fused-ring (bicyclic) bond motifs is 1. The Morgan fingerprint density at radius 3 is 2.85 bits per heavy atom. The van der Waals surface area contributed by atoms with Gasteiger partial charge < -0.3 is 5.32 Å². The molecule has 136 valence electrons. The predicted molar refractivity (Wildman–Crippen MR) is 111 cm³/mol. The number of hydrogen-bond donors (Lipinski definition) is 1. The van der Waals surface area contributed by atoms with Gasteiger partial charge in [0, 0.05) is 34.7 Å². The van der Waals surface area contributed by atoms with Gasteiger partial charge in [0.25, 0.3) is 5.91 Å². The van der Waals surface area contributed by atoms with Crippen LogP contribution in [0.25, 0.3) is 16.9 Å². The smallest absolute Gasteiger partial charge is 0.256 e. The maximum absolute atomic E-state index is 12.5. The van der Waals surface area contributed by atoms with Crippen molar-refractivity contribution < 1.29 is 4.79 Å². The predicted octanol–water partition coefficient (Wildman–Crippen LogP) is 4.12. The summed E-state index contributed by atoms with van der Waals surface area (Å²) in [6.45, 7) is 0.616. The molecule has 0 aliphatic heterocycles. The third kappa shape index (κ3) is 4.04. The molecule has 0 aliphatic rings. The second-order valence-electron chi connectivity index (χ2n) is 5.88.